The third kappa shape index (κ3) is 4.08. The Balaban J connectivity index is 1.81. The molecule has 0 spiro atoms. The van der Waals surface area contributed by atoms with Crippen LogP contribution in [0.25, 0.3) is 33.3 Å². The maximum Gasteiger partial charge on any atom is 0.573 e. The summed E-state index contributed by atoms with van der Waals surface area (Å²) in [7, 11) is -3.87. The summed E-state index contributed by atoms with van der Waals surface area (Å²) < 4.78 is 76.3. The largest absolute Gasteiger partial charge is 0.573 e. The van der Waals surface area contributed by atoms with Crippen LogP contribution in [-0.2, 0) is 10.0 Å². The van der Waals surface area contributed by atoms with Crippen LogP contribution in [0.1, 0.15) is 34.7 Å². The van der Waals surface area contributed by atoms with Crippen molar-refractivity contribution in [1.82, 2.24) is 14.1 Å². The summed E-state index contributed by atoms with van der Waals surface area (Å²) in [6, 6.07) is 4.60. The zero-order chi connectivity index (χ0) is 26.0. The SMILES string of the molecule is Cc1noc(C)c1-c1cnc2c(c1)c(-c1ccc(C(=O)O)cc1OC(F)(F)F)cn2S(=O)(=O)C1CC1. The maximum absolute atomic E-state index is 13.2. The van der Waals surface area contributed by atoms with E-state index in [1.807, 2.05) is 0 Å². The number of pyridine rings is 1. The lowest BCUT2D eigenvalue weighted by Crippen LogP contribution is -2.18. The molecule has 9 nitrogen and oxygen atoms in total. The van der Waals surface area contributed by atoms with Crippen LogP contribution >= 0.6 is 0 Å². The fraction of sp³-hybridized carbons (Fsp3) is 0.261. The summed E-state index contributed by atoms with van der Waals surface area (Å²) in [4.78, 5) is 15.7. The van der Waals surface area contributed by atoms with Crippen LogP contribution in [-0.4, -0.2) is 45.2 Å². The molecule has 0 saturated heterocycles. The van der Waals surface area contributed by atoms with E-state index in [4.69, 9.17) is 4.52 Å². The van der Waals surface area contributed by atoms with Gasteiger partial charge >= 0.3 is 12.3 Å². The van der Waals surface area contributed by atoms with Crippen molar-refractivity contribution in [2.75, 3.05) is 0 Å². The molecule has 4 aromatic rings. The molecule has 1 aliphatic rings. The fourth-order valence-corrected chi connectivity index (χ4v) is 5.83. The van der Waals surface area contributed by atoms with Crippen molar-refractivity contribution in [1.29, 1.82) is 0 Å². The van der Waals surface area contributed by atoms with Crippen LogP contribution in [0.3, 0.4) is 0 Å². The van der Waals surface area contributed by atoms with E-state index in [2.05, 4.69) is 14.9 Å². The number of hydrogen-bond donors (Lipinski definition) is 1. The first-order valence-electron chi connectivity index (χ1n) is 10.7. The number of halogens is 3. The van der Waals surface area contributed by atoms with Crippen LogP contribution in [0.15, 0.2) is 41.2 Å². The van der Waals surface area contributed by atoms with Crippen LogP contribution in [0.2, 0.25) is 0 Å². The smallest absolute Gasteiger partial charge is 0.478 e. The average Bonchev–Trinajstić information content (AvgIpc) is 3.51. The number of fused-ring (bicyclic) bond motifs is 1. The third-order valence-corrected chi connectivity index (χ3v) is 8.04. The lowest BCUT2D eigenvalue weighted by atomic mass is 10.00. The summed E-state index contributed by atoms with van der Waals surface area (Å²) in [5.41, 5.74) is 1.20. The standard InChI is InChI=1S/C23H18F3N3O6S/c1-11-20(12(2)35-28-11)14-7-17-18(10-29(21(17)27-9-14)36(32,33)15-4-5-15)16-6-3-13(22(30)31)8-19(16)34-23(24,25)26/h3,6-10,15H,4-5H2,1-2H3,(H,30,31). The Hall–Kier alpha value is -3.87. The fourth-order valence-electron chi connectivity index (χ4n) is 4.13. The highest BCUT2D eigenvalue weighted by molar-refractivity contribution is 7.91. The summed E-state index contributed by atoms with van der Waals surface area (Å²) in [5, 5.41) is 12.8. The molecule has 0 amide bonds. The molecule has 188 valence electrons. The van der Waals surface area contributed by atoms with Crippen molar-refractivity contribution in [3.05, 3.63) is 53.7 Å². The van der Waals surface area contributed by atoms with Crippen LogP contribution in [0, 0.1) is 13.8 Å². The molecule has 0 radical (unpaired) electrons. The van der Waals surface area contributed by atoms with Gasteiger partial charge in [-0.2, -0.15) is 0 Å². The van der Waals surface area contributed by atoms with E-state index in [1.165, 1.54) is 12.4 Å². The maximum atomic E-state index is 13.2. The summed E-state index contributed by atoms with van der Waals surface area (Å²) in [5.74, 6) is -1.75. The molecule has 1 aliphatic carbocycles. The highest BCUT2D eigenvalue weighted by Gasteiger charge is 2.39. The molecule has 36 heavy (non-hydrogen) atoms. The molecular formula is C23H18F3N3O6S. The van der Waals surface area contributed by atoms with E-state index < -0.39 is 38.9 Å². The molecule has 0 unspecified atom stereocenters. The molecule has 1 fully saturated rings. The number of aromatic carboxylic acids is 1. The molecule has 3 aromatic heterocycles. The van der Waals surface area contributed by atoms with Crippen molar-refractivity contribution in [2.24, 2.45) is 0 Å². The minimum atomic E-state index is -5.12. The second kappa shape index (κ2) is 8.08. The number of ether oxygens (including phenoxy) is 1. The van der Waals surface area contributed by atoms with Crippen molar-refractivity contribution in [2.45, 2.75) is 38.3 Å². The molecule has 3 heterocycles. The second-order valence-electron chi connectivity index (χ2n) is 8.44. The number of carbonyl (C=O) groups is 1. The van der Waals surface area contributed by atoms with E-state index in [0.29, 0.717) is 35.4 Å². The van der Waals surface area contributed by atoms with Crippen LogP contribution in [0.5, 0.6) is 5.75 Å². The van der Waals surface area contributed by atoms with Gasteiger partial charge in [0.05, 0.1) is 16.5 Å². The molecule has 13 heteroatoms. The van der Waals surface area contributed by atoms with Crippen molar-refractivity contribution in [3.63, 3.8) is 0 Å². The number of hydrogen-bond acceptors (Lipinski definition) is 7. The van der Waals surface area contributed by atoms with Gasteiger partial charge in [-0.1, -0.05) is 5.16 Å². The molecule has 1 aromatic carbocycles. The van der Waals surface area contributed by atoms with E-state index in [9.17, 15) is 31.5 Å². The molecule has 0 bridgehead atoms. The Kier molecular flexibility index (Phi) is 5.36. The molecular weight excluding hydrogens is 503 g/mol. The third-order valence-electron chi connectivity index (χ3n) is 5.90. The number of aryl methyl sites for hydroxylation is 2. The van der Waals surface area contributed by atoms with Gasteiger partial charge in [0, 0.05) is 40.0 Å². The number of carboxylic acid groups (broad SMARTS) is 1. The second-order valence-corrected chi connectivity index (χ2v) is 10.5. The molecule has 0 aliphatic heterocycles. The first kappa shape index (κ1) is 23.9. The number of benzene rings is 1. The number of rotatable bonds is 6. The Morgan fingerprint density at radius 3 is 2.50 bits per heavy atom. The number of nitrogens with zero attached hydrogens (tertiary/aromatic N) is 3. The number of aromatic nitrogens is 3. The van der Waals surface area contributed by atoms with E-state index in [1.54, 1.807) is 19.9 Å². The molecule has 1 saturated carbocycles. The highest BCUT2D eigenvalue weighted by Crippen LogP contribution is 2.42. The molecule has 5 rings (SSSR count). The Bertz CT molecular complexity index is 1620. The number of alkyl halides is 3. The monoisotopic (exact) mass is 521 g/mol. The number of carboxylic acids is 1. The van der Waals surface area contributed by atoms with E-state index in [-0.39, 0.29) is 22.2 Å². The Labute approximate surface area is 202 Å². The zero-order valence-corrected chi connectivity index (χ0v) is 19.6. The van der Waals surface area contributed by atoms with Gasteiger partial charge in [0.1, 0.15) is 11.5 Å². The van der Waals surface area contributed by atoms with E-state index >= 15 is 0 Å². The highest BCUT2D eigenvalue weighted by atomic mass is 32.2. The topological polar surface area (TPSA) is 125 Å². The zero-order valence-electron chi connectivity index (χ0n) is 18.8. The predicted molar refractivity (Wildman–Crippen MR) is 121 cm³/mol. The Morgan fingerprint density at radius 1 is 1.19 bits per heavy atom. The summed E-state index contributed by atoms with van der Waals surface area (Å²) in [6.45, 7) is 3.39. The van der Waals surface area contributed by atoms with E-state index in [0.717, 1.165) is 22.2 Å². The van der Waals surface area contributed by atoms with Gasteiger partial charge in [0.2, 0.25) is 10.0 Å². The normalized spacial score (nSPS) is 14.4. The average molecular weight is 521 g/mol. The van der Waals surface area contributed by atoms with Gasteiger partial charge in [-0.3, -0.25) is 0 Å². The Morgan fingerprint density at radius 2 is 1.92 bits per heavy atom. The van der Waals surface area contributed by atoms with Gasteiger partial charge < -0.3 is 14.4 Å². The quantitative estimate of drug-likeness (QED) is 0.379. The minimum Gasteiger partial charge on any atom is -0.478 e. The summed E-state index contributed by atoms with van der Waals surface area (Å²) in [6.07, 6.45) is -1.56. The van der Waals surface area contributed by atoms with Crippen molar-refractivity contribution in [3.8, 4) is 28.0 Å². The predicted octanol–water partition coefficient (Wildman–Crippen LogP) is 4.91. The van der Waals surface area contributed by atoms with Gasteiger partial charge in [-0.25, -0.2) is 22.2 Å². The van der Waals surface area contributed by atoms with Gasteiger partial charge in [-0.05, 0) is 51.0 Å². The van der Waals surface area contributed by atoms with Crippen LogP contribution < -0.4 is 4.74 Å². The lowest BCUT2D eigenvalue weighted by Gasteiger charge is -2.14. The van der Waals surface area contributed by atoms with Crippen molar-refractivity contribution < 1.29 is 40.8 Å². The lowest BCUT2D eigenvalue weighted by molar-refractivity contribution is -0.274. The molecule has 1 N–H and O–H groups in total. The first-order chi connectivity index (χ1) is 16.9. The first-order valence-corrected chi connectivity index (χ1v) is 12.2. The van der Waals surface area contributed by atoms with Crippen molar-refractivity contribution >= 4 is 27.0 Å². The van der Waals surface area contributed by atoms with Gasteiger partial charge in [-0.15, -0.1) is 13.2 Å². The van der Waals surface area contributed by atoms with Gasteiger partial charge in [0.25, 0.3) is 0 Å². The van der Waals surface area contributed by atoms with Crippen LogP contribution in [0.4, 0.5) is 13.2 Å². The molecule has 0 atom stereocenters. The minimum absolute atomic E-state index is 0.0210. The summed E-state index contributed by atoms with van der Waals surface area (Å²) >= 11 is 0. The van der Waals surface area contributed by atoms with Gasteiger partial charge in [0.15, 0.2) is 5.65 Å².